The molecule has 34 heavy (non-hydrogen) atoms. The van der Waals surface area contributed by atoms with Crippen LogP contribution in [0.15, 0.2) is 0 Å². The van der Waals surface area contributed by atoms with Crippen LogP contribution in [0.4, 0.5) is 0 Å². The van der Waals surface area contributed by atoms with Gasteiger partial charge in [0, 0.05) is 37.0 Å². The largest absolute Gasteiger partial charge is 0.461 e. The molecule has 2 N–H and O–H groups in total. The van der Waals surface area contributed by atoms with Gasteiger partial charge in [-0.15, -0.1) is 0 Å². The molecule has 6 atom stereocenters. The van der Waals surface area contributed by atoms with Crippen molar-refractivity contribution >= 4 is 11.9 Å². The van der Waals surface area contributed by atoms with Gasteiger partial charge < -0.3 is 20.1 Å². The number of hydrogen-bond donors (Lipinski definition) is 2. The Balaban J connectivity index is 1.43. The summed E-state index contributed by atoms with van der Waals surface area (Å²) in [5, 5.41) is 7.35. The lowest BCUT2D eigenvalue weighted by Gasteiger charge is -2.35. The van der Waals surface area contributed by atoms with E-state index in [1.54, 1.807) is 0 Å². The summed E-state index contributed by atoms with van der Waals surface area (Å²) >= 11 is 0. The van der Waals surface area contributed by atoms with Crippen LogP contribution in [0.2, 0.25) is 0 Å². The lowest BCUT2D eigenvalue weighted by atomic mass is 9.92. The van der Waals surface area contributed by atoms with Crippen molar-refractivity contribution in [1.29, 1.82) is 0 Å². The first-order valence-electron chi connectivity index (χ1n) is 14.4. The number of rotatable bonds is 0. The summed E-state index contributed by atoms with van der Waals surface area (Å²) < 4.78 is 11.6. The summed E-state index contributed by atoms with van der Waals surface area (Å²) in [6.07, 6.45) is 18.9. The Kier molecular flexibility index (Phi) is 12.2. The summed E-state index contributed by atoms with van der Waals surface area (Å²) in [5.41, 5.74) is 0. The molecule has 6 nitrogen and oxygen atoms in total. The Morgan fingerprint density at radius 3 is 1.32 bits per heavy atom. The van der Waals surface area contributed by atoms with E-state index < -0.39 is 0 Å². The number of carbonyl (C=O) groups excluding carboxylic acids is 2. The van der Waals surface area contributed by atoms with Crippen molar-refractivity contribution in [3.63, 3.8) is 0 Å². The van der Waals surface area contributed by atoms with E-state index >= 15 is 0 Å². The van der Waals surface area contributed by atoms with Crippen LogP contribution >= 0.6 is 0 Å². The highest BCUT2D eigenvalue weighted by Gasteiger charge is 2.30. The monoisotopic (exact) mass is 478 g/mol. The van der Waals surface area contributed by atoms with Crippen LogP contribution < -0.4 is 10.6 Å². The Labute approximate surface area is 207 Å². The molecule has 6 aliphatic rings. The Bertz CT molecular complexity index is 561. The number of hydrogen-bond acceptors (Lipinski definition) is 6. The average molecular weight is 479 g/mol. The summed E-state index contributed by atoms with van der Waals surface area (Å²) in [6, 6.07) is 1.53. The van der Waals surface area contributed by atoms with Crippen LogP contribution in [-0.2, 0) is 19.1 Å². The van der Waals surface area contributed by atoms with Gasteiger partial charge in [0.05, 0.1) is 0 Å². The molecule has 0 amide bonds. The van der Waals surface area contributed by atoms with Gasteiger partial charge in [-0.05, 0) is 65.2 Å². The van der Waals surface area contributed by atoms with Crippen molar-refractivity contribution in [3.8, 4) is 0 Å². The topological polar surface area (TPSA) is 76.7 Å². The molecule has 0 aromatic carbocycles. The molecule has 0 aromatic heterocycles. The lowest BCUT2D eigenvalue weighted by molar-refractivity contribution is -0.153. The van der Waals surface area contributed by atoms with Gasteiger partial charge in [0.2, 0.25) is 0 Å². The van der Waals surface area contributed by atoms with Crippen LogP contribution in [0.3, 0.4) is 0 Å². The highest BCUT2D eigenvalue weighted by molar-refractivity contribution is 5.69. The van der Waals surface area contributed by atoms with Crippen LogP contribution in [0, 0.1) is 0 Å². The molecule has 4 bridgehead atoms. The number of piperidine rings is 2. The third-order valence-electron chi connectivity index (χ3n) is 8.14. The molecule has 0 aromatic rings. The van der Waals surface area contributed by atoms with E-state index in [9.17, 15) is 9.59 Å². The number of nitrogens with one attached hydrogen (secondary N) is 2. The number of carbonyl (C=O) groups is 2. The second kappa shape index (κ2) is 15.1. The fourth-order valence-electron chi connectivity index (χ4n) is 5.97. The molecule has 6 aliphatic heterocycles. The minimum atomic E-state index is -0.0193. The fourth-order valence-corrected chi connectivity index (χ4v) is 5.97. The maximum Gasteiger partial charge on any atom is 0.306 e. The van der Waals surface area contributed by atoms with Gasteiger partial charge in [0.1, 0.15) is 12.2 Å². The van der Waals surface area contributed by atoms with Gasteiger partial charge in [-0.25, -0.2) is 0 Å². The fraction of sp³-hybridized carbons (Fsp3) is 0.929. The van der Waals surface area contributed by atoms with Gasteiger partial charge >= 0.3 is 11.9 Å². The second-order valence-corrected chi connectivity index (χ2v) is 11.1. The average Bonchev–Trinajstić information content (AvgIpc) is 2.80. The molecule has 0 saturated carbocycles. The van der Waals surface area contributed by atoms with Crippen LogP contribution in [0.25, 0.3) is 0 Å². The zero-order valence-corrected chi connectivity index (χ0v) is 21.8. The number of esters is 2. The minimum Gasteiger partial charge on any atom is -0.461 e. The zero-order chi connectivity index (χ0) is 24.2. The molecule has 0 spiro atoms. The second-order valence-electron chi connectivity index (χ2n) is 11.1. The molecule has 6 rings (SSSR count). The van der Waals surface area contributed by atoms with E-state index in [1.807, 2.05) is 0 Å². The zero-order valence-electron chi connectivity index (χ0n) is 21.8. The van der Waals surface area contributed by atoms with Crippen molar-refractivity contribution in [2.24, 2.45) is 0 Å². The van der Waals surface area contributed by atoms with Gasteiger partial charge in [0.25, 0.3) is 0 Å². The quantitative estimate of drug-likeness (QED) is 0.444. The first-order chi connectivity index (χ1) is 16.5. The summed E-state index contributed by atoms with van der Waals surface area (Å²) in [4.78, 5) is 24.6. The predicted molar refractivity (Wildman–Crippen MR) is 136 cm³/mol. The minimum absolute atomic E-state index is 0.0193. The SMILES string of the molecule is C[C@@H]1N[C@@H]2CCCCCCCC(=O)O[C@H]3CC[C@@H](CCCCCCCC(=O)O[C@H]1CC2)N[C@H]3C. The molecule has 6 heteroatoms. The van der Waals surface area contributed by atoms with E-state index in [4.69, 9.17) is 9.47 Å². The highest BCUT2D eigenvalue weighted by atomic mass is 16.5. The van der Waals surface area contributed by atoms with Crippen molar-refractivity contribution < 1.29 is 19.1 Å². The van der Waals surface area contributed by atoms with Gasteiger partial charge in [-0.3, -0.25) is 9.59 Å². The molecule has 6 saturated heterocycles. The van der Waals surface area contributed by atoms with Gasteiger partial charge in [0.15, 0.2) is 0 Å². The first kappa shape index (κ1) is 27.4. The maximum absolute atomic E-state index is 12.3. The summed E-state index contributed by atoms with van der Waals surface area (Å²) in [5.74, 6) is -0.0385. The Morgan fingerprint density at radius 1 is 0.529 bits per heavy atom. The third-order valence-corrected chi connectivity index (χ3v) is 8.14. The van der Waals surface area contributed by atoms with E-state index in [0.717, 1.165) is 51.4 Å². The molecular weight excluding hydrogens is 428 g/mol. The Hall–Kier alpha value is -1.14. The summed E-state index contributed by atoms with van der Waals surface area (Å²) in [6.45, 7) is 4.31. The van der Waals surface area contributed by atoms with E-state index in [-0.39, 0.29) is 36.2 Å². The van der Waals surface area contributed by atoms with Crippen LogP contribution in [0.5, 0.6) is 0 Å². The van der Waals surface area contributed by atoms with Crippen molar-refractivity contribution in [1.82, 2.24) is 10.6 Å². The summed E-state index contributed by atoms with van der Waals surface area (Å²) in [7, 11) is 0. The highest BCUT2D eigenvalue weighted by Crippen LogP contribution is 2.23. The smallest absolute Gasteiger partial charge is 0.306 e. The molecule has 6 fully saturated rings. The molecule has 6 heterocycles. The van der Waals surface area contributed by atoms with E-state index in [0.29, 0.717) is 24.9 Å². The van der Waals surface area contributed by atoms with Crippen LogP contribution in [-0.4, -0.2) is 48.3 Å². The van der Waals surface area contributed by atoms with Crippen molar-refractivity contribution in [2.45, 2.75) is 166 Å². The molecule has 0 radical (unpaired) electrons. The molecule has 0 aliphatic carbocycles. The predicted octanol–water partition coefficient (Wildman–Crippen LogP) is 5.57. The van der Waals surface area contributed by atoms with Crippen LogP contribution in [0.1, 0.15) is 129 Å². The standard InChI is InChI=1S/C28H50N2O4/c1-21-25-19-17-23(29-21)13-9-5-3-8-12-16-28(32)34-26-20-18-24(30-22(26)2)14-10-6-4-7-11-15-27(31)33-25/h21-26,29-30H,3-20H2,1-2H3/t21-,22-,23+,24+,25-,26-/m0/s1. The van der Waals surface area contributed by atoms with E-state index in [1.165, 1.54) is 51.4 Å². The maximum atomic E-state index is 12.3. The van der Waals surface area contributed by atoms with Gasteiger partial charge in [-0.2, -0.15) is 0 Å². The molecule has 0 unspecified atom stereocenters. The van der Waals surface area contributed by atoms with Crippen molar-refractivity contribution in [2.75, 3.05) is 0 Å². The first-order valence-corrected chi connectivity index (χ1v) is 14.4. The normalized spacial score (nSPS) is 36.5. The van der Waals surface area contributed by atoms with Gasteiger partial charge in [-0.1, -0.05) is 51.4 Å². The lowest BCUT2D eigenvalue weighted by Crippen LogP contribution is -2.50. The molecule has 196 valence electrons. The number of ether oxygens (including phenoxy) is 2. The Morgan fingerprint density at radius 2 is 0.912 bits per heavy atom. The third kappa shape index (κ3) is 9.85. The van der Waals surface area contributed by atoms with E-state index in [2.05, 4.69) is 24.5 Å². The molecular formula is C28H50N2O4. The van der Waals surface area contributed by atoms with Crippen molar-refractivity contribution in [3.05, 3.63) is 0 Å².